The van der Waals surface area contributed by atoms with Gasteiger partial charge in [0.15, 0.2) is 0 Å². The summed E-state index contributed by atoms with van der Waals surface area (Å²) in [5, 5.41) is 11.9. The van der Waals surface area contributed by atoms with Crippen molar-refractivity contribution in [3.8, 4) is 0 Å². The third-order valence-corrected chi connectivity index (χ3v) is 4.74. The van der Waals surface area contributed by atoms with Gasteiger partial charge in [-0.15, -0.1) is 0 Å². The lowest BCUT2D eigenvalue weighted by atomic mass is 9.97. The monoisotopic (exact) mass is 394 g/mol. The number of rotatable bonds is 3. The van der Waals surface area contributed by atoms with Crippen LogP contribution in [-0.2, 0) is 11.3 Å². The molecule has 3 rings (SSSR count). The summed E-state index contributed by atoms with van der Waals surface area (Å²) in [6, 6.07) is 1.82. The van der Waals surface area contributed by atoms with Gasteiger partial charge in [0.05, 0.1) is 18.2 Å². The number of aliphatic carboxylic acids is 1. The zero-order valence-electron chi connectivity index (χ0n) is 13.3. The van der Waals surface area contributed by atoms with Gasteiger partial charge in [0.25, 0.3) is 0 Å². The molecule has 0 saturated carbocycles. The molecular weight excluding hydrogens is 376 g/mol. The number of carbonyl (C=O) groups is 2. The molecule has 0 bridgehead atoms. The number of carboxylic acids is 1. The molecule has 1 aliphatic heterocycles. The number of halogens is 1. The highest BCUT2D eigenvalue weighted by molar-refractivity contribution is 9.10. The van der Waals surface area contributed by atoms with Crippen LogP contribution >= 0.6 is 15.9 Å². The van der Waals surface area contributed by atoms with Gasteiger partial charge in [0, 0.05) is 30.0 Å². The SMILES string of the molecule is Cc1cc(Br)cn2cc(CNC(=O)N3CCC(C(=O)O)CC3)nc12. The van der Waals surface area contributed by atoms with E-state index in [1.165, 1.54) is 0 Å². The molecule has 24 heavy (non-hydrogen) atoms. The fourth-order valence-electron chi connectivity index (χ4n) is 2.97. The highest BCUT2D eigenvalue weighted by atomic mass is 79.9. The number of pyridine rings is 1. The van der Waals surface area contributed by atoms with Gasteiger partial charge in [-0.25, -0.2) is 9.78 Å². The Morgan fingerprint density at radius 3 is 2.75 bits per heavy atom. The number of urea groups is 1. The normalized spacial score (nSPS) is 15.7. The number of hydrogen-bond acceptors (Lipinski definition) is 3. The van der Waals surface area contributed by atoms with Crippen LogP contribution in [0.25, 0.3) is 5.65 Å². The number of aromatic nitrogens is 2. The van der Waals surface area contributed by atoms with Gasteiger partial charge in [-0.05, 0) is 47.3 Å². The molecule has 8 heteroatoms. The van der Waals surface area contributed by atoms with Crippen LogP contribution in [-0.4, -0.2) is 44.5 Å². The second-order valence-corrected chi connectivity index (χ2v) is 6.98. The maximum absolute atomic E-state index is 12.2. The summed E-state index contributed by atoms with van der Waals surface area (Å²) in [7, 11) is 0. The van der Waals surface area contributed by atoms with Gasteiger partial charge in [-0.3, -0.25) is 4.79 Å². The standard InChI is InChI=1S/C16H19BrN4O3/c1-10-6-12(17)8-21-9-13(19-14(10)21)7-18-16(24)20-4-2-11(3-5-20)15(22)23/h6,8-9,11H,2-5,7H2,1H3,(H,18,24)(H,22,23). The molecule has 2 N–H and O–H groups in total. The first-order chi connectivity index (χ1) is 11.4. The molecule has 1 saturated heterocycles. The number of fused-ring (bicyclic) bond motifs is 1. The van der Waals surface area contributed by atoms with E-state index < -0.39 is 5.97 Å². The number of hydrogen-bond donors (Lipinski definition) is 2. The molecule has 1 aliphatic rings. The third kappa shape index (κ3) is 3.53. The number of nitrogens with one attached hydrogen (secondary N) is 1. The van der Waals surface area contributed by atoms with E-state index in [0.29, 0.717) is 32.5 Å². The van der Waals surface area contributed by atoms with Crippen molar-refractivity contribution in [2.24, 2.45) is 5.92 Å². The lowest BCUT2D eigenvalue weighted by Gasteiger charge is -2.30. The van der Waals surface area contributed by atoms with Crippen molar-refractivity contribution >= 4 is 33.6 Å². The van der Waals surface area contributed by atoms with Gasteiger partial charge in [-0.2, -0.15) is 0 Å². The third-order valence-electron chi connectivity index (χ3n) is 4.30. The van der Waals surface area contributed by atoms with Gasteiger partial charge in [0.1, 0.15) is 5.65 Å². The minimum atomic E-state index is -0.777. The summed E-state index contributed by atoms with van der Waals surface area (Å²) >= 11 is 3.45. The number of nitrogens with zero attached hydrogens (tertiary/aromatic N) is 3. The summed E-state index contributed by atoms with van der Waals surface area (Å²) in [5.74, 6) is -1.12. The molecular formula is C16H19BrN4O3. The highest BCUT2D eigenvalue weighted by Gasteiger charge is 2.26. The van der Waals surface area contributed by atoms with E-state index in [4.69, 9.17) is 5.11 Å². The molecule has 3 heterocycles. The van der Waals surface area contributed by atoms with Crippen LogP contribution in [0.4, 0.5) is 4.79 Å². The number of carboxylic acid groups (broad SMARTS) is 1. The van der Waals surface area contributed by atoms with Crippen LogP contribution in [0, 0.1) is 12.8 Å². The number of aryl methyl sites for hydroxylation is 1. The molecule has 0 spiro atoms. The predicted octanol–water partition coefficient (Wildman–Crippen LogP) is 2.41. The molecule has 1 fully saturated rings. The first kappa shape index (κ1) is 16.8. The van der Waals surface area contributed by atoms with Crippen molar-refractivity contribution in [2.75, 3.05) is 13.1 Å². The maximum atomic E-state index is 12.2. The van der Waals surface area contributed by atoms with Crippen LogP contribution < -0.4 is 5.32 Å². The van der Waals surface area contributed by atoms with Crippen LogP contribution in [0.15, 0.2) is 22.9 Å². The molecule has 2 aromatic heterocycles. The molecule has 128 valence electrons. The van der Waals surface area contributed by atoms with Crippen molar-refractivity contribution in [3.05, 3.63) is 34.2 Å². The Bertz CT molecular complexity index is 781. The Balaban J connectivity index is 1.59. The highest BCUT2D eigenvalue weighted by Crippen LogP contribution is 2.18. The van der Waals surface area contributed by atoms with E-state index in [0.717, 1.165) is 21.4 Å². The Morgan fingerprint density at radius 1 is 1.38 bits per heavy atom. The molecule has 7 nitrogen and oxygen atoms in total. The minimum absolute atomic E-state index is 0.172. The Morgan fingerprint density at radius 2 is 2.08 bits per heavy atom. The molecule has 2 aromatic rings. The summed E-state index contributed by atoms with van der Waals surface area (Å²) in [4.78, 5) is 29.4. The molecule has 0 atom stereocenters. The first-order valence-corrected chi connectivity index (χ1v) is 8.62. The van der Waals surface area contributed by atoms with Gasteiger partial charge < -0.3 is 19.7 Å². The van der Waals surface area contributed by atoms with Crippen molar-refractivity contribution in [2.45, 2.75) is 26.3 Å². The fraction of sp³-hybridized carbons (Fsp3) is 0.438. The summed E-state index contributed by atoms with van der Waals surface area (Å²) in [6.07, 6.45) is 4.83. The van der Waals surface area contributed by atoms with Crippen LogP contribution in [0.2, 0.25) is 0 Å². The van der Waals surface area contributed by atoms with E-state index in [9.17, 15) is 9.59 Å². The van der Waals surface area contributed by atoms with Crippen LogP contribution in [0.5, 0.6) is 0 Å². The number of carbonyl (C=O) groups excluding carboxylic acids is 1. The van der Waals surface area contributed by atoms with Crippen LogP contribution in [0.3, 0.4) is 0 Å². The van der Waals surface area contributed by atoms with E-state index in [-0.39, 0.29) is 11.9 Å². The smallest absolute Gasteiger partial charge is 0.317 e. The largest absolute Gasteiger partial charge is 0.481 e. The topological polar surface area (TPSA) is 86.9 Å². The lowest BCUT2D eigenvalue weighted by Crippen LogP contribution is -2.45. The summed E-state index contributed by atoms with van der Waals surface area (Å²) < 4.78 is 2.90. The molecule has 0 aliphatic carbocycles. The van der Waals surface area contributed by atoms with Crippen molar-refractivity contribution in [1.82, 2.24) is 19.6 Å². The minimum Gasteiger partial charge on any atom is -0.481 e. The Kier molecular flexibility index (Phi) is 4.75. The van der Waals surface area contributed by atoms with Crippen LogP contribution in [0.1, 0.15) is 24.1 Å². The molecule has 0 radical (unpaired) electrons. The van der Waals surface area contributed by atoms with E-state index in [1.54, 1.807) is 4.90 Å². The van der Waals surface area contributed by atoms with Gasteiger partial charge in [-0.1, -0.05) is 0 Å². The maximum Gasteiger partial charge on any atom is 0.317 e. The Hall–Kier alpha value is -2.09. The van der Waals surface area contributed by atoms with Gasteiger partial charge >= 0.3 is 12.0 Å². The quantitative estimate of drug-likeness (QED) is 0.836. The predicted molar refractivity (Wildman–Crippen MR) is 91.8 cm³/mol. The number of imidazole rings is 1. The van der Waals surface area contributed by atoms with Crippen molar-refractivity contribution in [3.63, 3.8) is 0 Å². The van der Waals surface area contributed by atoms with E-state index >= 15 is 0 Å². The number of likely N-dealkylation sites (tertiary alicyclic amines) is 1. The van der Waals surface area contributed by atoms with Crippen molar-refractivity contribution in [1.29, 1.82) is 0 Å². The zero-order valence-corrected chi connectivity index (χ0v) is 14.9. The number of amides is 2. The molecule has 0 aromatic carbocycles. The Labute approximate surface area is 147 Å². The van der Waals surface area contributed by atoms with E-state index in [2.05, 4.69) is 26.2 Å². The fourth-order valence-corrected chi connectivity index (χ4v) is 3.53. The lowest BCUT2D eigenvalue weighted by molar-refractivity contribution is -0.143. The summed E-state index contributed by atoms with van der Waals surface area (Å²) in [6.45, 7) is 3.28. The second kappa shape index (κ2) is 6.80. The zero-order chi connectivity index (χ0) is 17.3. The molecule has 2 amide bonds. The van der Waals surface area contributed by atoms with Gasteiger partial charge in [0.2, 0.25) is 0 Å². The van der Waals surface area contributed by atoms with Crippen molar-refractivity contribution < 1.29 is 14.7 Å². The summed E-state index contributed by atoms with van der Waals surface area (Å²) in [5.41, 5.74) is 2.70. The average Bonchev–Trinajstić information content (AvgIpc) is 2.96. The number of piperidine rings is 1. The molecule has 0 unspecified atom stereocenters. The first-order valence-electron chi connectivity index (χ1n) is 7.83. The second-order valence-electron chi connectivity index (χ2n) is 6.06. The van der Waals surface area contributed by atoms with E-state index in [1.807, 2.05) is 29.8 Å². The average molecular weight is 395 g/mol.